The number of rotatable bonds is 3. The summed E-state index contributed by atoms with van der Waals surface area (Å²) in [5.41, 5.74) is 0. The summed E-state index contributed by atoms with van der Waals surface area (Å²) >= 11 is 0. The van der Waals surface area contributed by atoms with Gasteiger partial charge in [0.05, 0.1) is 12.6 Å². The van der Waals surface area contributed by atoms with Gasteiger partial charge in [0.25, 0.3) is 0 Å². The monoisotopic (exact) mass is 212 g/mol. The number of hydrogen-bond donors (Lipinski definition) is 2. The van der Waals surface area contributed by atoms with Crippen molar-refractivity contribution in [1.82, 2.24) is 10.6 Å². The SMILES string of the molecule is O=C1NCCCCC1NCC1CCOC1. The zero-order valence-corrected chi connectivity index (χ0v) is 9.13. The Kier molecular flexibility index (Phi) is 3.97. The van der Waals surface area contributed by atoms with Gasteiger partial charge in [-0.2, -0.15) is 0 Å². The average Bonchev–Trinajstić information content (AvgIpc) is 2.67. The molecule has 4 heteroatoms. The Bertz CT molecular complexity index is 215. The van der Waals surface area contributed by atoms with Crippen LogP contribution in [0.15, 0.2) is 0 Å². The van der Waals surface area contributed by atoms with Crippen molar-refractivity contribution >= 4 is 5.91 Å². The highest BCUT2D eigenvalue weighted by Crippen LogP contribution is 2.12. The Labute approximate surface area is 90.8 Å². The maximum atomic E-state index is 11.6. The van der Waals surface area contributed by atoms with Gasteiger partial charge in [-0.15, -0.1) is 0 Å². The molecule has 0 saturated carbocycles. The summed E-state index contributed by atoms with van der Waals surface area (Å²) in [5.74, 6) is 0.771. The van der Waals surface area contributed by atoms with Gasteiger partial charge < -0.3 is 15.4 Å². The van der Waals surface area contributed by atoms with E-state index in [0.717, 1.165) is 52.0 Å². The Morgan fingerprint density at radius 1 is 1.40 bits per heavy atom. The van der Waals surface area contributed by atoms with E-state index in [1.165, 1.54) is 0 Å². The van der Waals surface area contributed by atoms with Crippen molar-refractivity contribution < 1.29 is 9.53 Å². The zero-order valence-electron chi connectivity index (χ0n) is 9.13. The maximum Gasteiger partial charge on any atom is 0.237 e. The van der Waals surface area contributed by atoms with Gasteiger partial charge in [0.15, 0.2) is 0 Å². The van der Waals surface area contributed by atoms with Crippen molar-refractivity contribution in [3.8, 4) is 0 Å². The predicted molar refractivity (Wildman–Crippen MR) is 57.6 cm³/mol. The number of carbonyl (C=O) groups is 1. The molecule has 2 unspecified atom stereocenters. The minimum atomic E-state index is 0.0214. The molecule has 0 aromatic carbocycles. The lowest BCUT2D eigenvalue weighted by molar-refractivity contribution is -0.122. The summed E-state index contributed by atoms with van der Waals surface area (Å²) in [6.45, 7) is 3.48. The van der Waals surface area contributed by atoms with E-state index in [1.807, 2.05) is 0 Å². The molecule has 0 radical (unpaired) electrons. The van der Waals surface area contributed by atoms with Crippen molar-refractivity contribution in [1.29, 1.82) is 0 Å². The van der Waals surface area contributed by atoms with E-state index in [2.05, 4.69) is 10.6 Å². The second-order valence-electron chi connectivity index (χ2n) is 4.48. The third kappa shape index (κ3) is 3.18. The van der Waals surface area contributed by atoms with Gasteiger partial charge in [-0.25, -0.2) is 0 Å². The lowest BCUT2D eigenvalue weighted by atomic mass is 10.1. The van der Waals surface area contributed by atoms with Crippen LogP contribution >= 0.6 is 0 Å². The van der Waals surface area contributed by atoms with Crippen LogP contribution in [0.1, 0.15) is 25.7 Å². The van der Waals surface area contributed by atoms with E-state index in [4.69, 9.17) is 4.74 Å². The molecule has 2 saturated heterocycles. The molecule has 0 aromatic heterocycles. The number of carbonyl (C=O) groups excluding carboxylic acids is 1. The number of amides is 1. The minimum absolute atomic E-state index is 0.0214. The molecular weight excluding hydrogens is 192 g/mol. The van der Waals surface area contributed by atoms with E-state index in [1.54, 1.807) is 0 Å². The Morgan fingerprint density at radius 2 is 2.33 bits per heavy atom. The first-order chi connectivity index (χ1) is 7.36. The highest BCUT2D eigenvalue weighted by Gasteiger charge is 2.22. The molecule has 0 spiro atoms. The zero-order chi connectivity index (χ0) is 10.5. The lowest BCUT2D eigenvalue weighted by Gasteiger charge is -2.17. The molecule has 2 heterocycles. The third-order valence-corrected chi connectivity index (χ3v) is 3.21. The second-order valence-corrected chi connectivity index (χ2v) is 4.48. The number of nitrogens with one attached hydrogen (secondary N) is 2. The third-order valence-electron chi connectivity index (χ3n) is 3.21. The molecule has 0 aliphatic carbocycles. The number of ether oxygens (including phenoxy) is 1. The minimum Gasteiger partial charge on any atom is -0.381 e. The summed E-state index contributed by atoms with van der Waals surface area (Å²) in [6.07, 6.45) is 4.34. The van der Waals surface area contributed by atoms with Crippen LogP contribution in [0.5, 0.6) is 0 Å². The summed E-state index contributed by atoms with van der Waals surface area (Å²) in [5, 5.41) is 6.30. The molecule has 2 N–H and O–H groups in total. The Balaban J connectivity index is 1.73. The number of hydrogen-bond acceptors (Lipinski definition) is 3. The molecule has 4 nitrogen and oxygen atoms in total. The highest BCUT2D eigenvalue weighted by atomic mass is 16.5. The Morgan fingerprint density at radius 3 is 3.13 bits per heavy atom. The van der Waals surface area contributed by atoms with E-state index in [-0.39, 0.29) is 11.9 Å². The molecule has 2 fully saturated rings. The van der Waals surface area contributed by atoms with Crippen LogP contribution in [0, 0.1) is 5.92 Å². The van der Waals surface area contributed by atoms with E-state index >= 15 is 0 Å². The van der Waals surface area contributed by atoms with Crippen LogP contribution in [-0.4, -0.2) is 38.3 Å². The molecule has 0 aromatic rings. The normalized spacial score (nSPS) is 32.4. The average molecular weight is 212 g/mol. The molecule has 2 aliphatic heterocycles. The summed E-state index contributed by atoms with van der Waals surface area (Å²) in [4.78, 5) is 11.6. The lowest BCUT2D eigenvalue weighted by Crippen LogP contribution is -2.44. The van der Waals surface area contributed by atoms with Crippen LogP contribution in [0.4, 0.5) is 0 Å². The molecule has 2 atom stereocenters. The smallest absolute Gasteiger partial charge is 0.237 e. The summed E-state index contributed by atoms with van der Waals surface area (Å²) in [7, 11) is 0. The fraction of sp³-hybridized carbons (Fsp3) is 0.909. The first-order valence-electron chi connectivity index (χ1n) is 5.95. The first-order valence-corrected chi connectivity index (χ1v) is 5.95. The quantitative estimate of drug-likeness (QED) is 0.706. The Hall–Kier alpha value is -0.610. The van der Waals surface area contributed by atoms with E-state index in [0.29, 0.717) is 5.92 Å². The standard InChI is InChI=1S/C11H20N2O2/c14-11-10(3-1-2-5-12-11)13-7-9-4-6-15-8-9/h9-10,13H,1-8H2,(H,12,14). The van der Waals surface area contributed by atoms with E-state index < -0.39 is 0 Å². The van der Waals surface area contributed by atoms with Gasteiger partial charge in [-0.05, 0) is 31.6 Å². The molecule has 0 bridgehead atoms. The van der Waals surface area contributed by atoms with Crippen molar-refractivity contribution in [2.45, 2.75) is 31.7 Å². The summed E-state index contributed by atoms with van der Waals surface area (Å²) < 4.78 is 5.31. The topological polar surface area (TPSA) is 50.4 Å². The van der Waals surface area contributed by atoms with Crippen LogP contribution in [0.2, 0.25) is 0 Å². The fourth-order valence-corrected chi connectivity index (χ4v) is 2.19. The second kappa shape index (κ2) is 5.47. The van der Waals surface area contributed by atoms with Crippen LogP contribution < -0.4 is 10.6 Å². The van der Waals surface area contributed by atoms with Crippen molar-refractivity contribution in [3.63, 3.8) is 0 Å². The maximum absolute atomic E-state index is 11.6. The van der Waals surface area contributed by atoms with Crippen LogP contribution in [-0.2, 0) is 9.53 Å². The van der Waals surface area contributed by atoms with Gasteiger partial charge in [-0.3, -0.25) is 4.79 Å². The highest BCUT2D eigenvalue weighted by molar-refractivity contribution is 5.81. The van der Waals surface area contributed by atoms with Crippen molar-refractivity contribution in [2.75, 3.05) is 26.3 Å². The molecule has 1 amide bonds. The molecular formula is C11H20N2O2. The van der Waals surface area contributed by atoms with Crippen molar-refractivity contribution in [3.05, 3.63) is 0 Å². The van der Waals surface area contributed by atoms with E-state index in [9.17, 15) is 4.79 Å². The molecule has 86 valence electrons. The molecule has 2 aliphatic rings. The fourth-order valence-electron chi connectivity index (χ4n) is 2.19. The van der Waals surface area contributed by atoms with Gasteiger partial charge >= 0.3 is 0 Å². The molecule has 2 rings (SSSR count). The van der Waals surface area contributed by atoms with Gasteiger partial charge in [0, 0.05) is 19.7 Å². The van der Waals surface area contributed by atoms with Gasteiger partial charge in [0.2, 0.25) is 5.91 Å². The predicted octanol–water partition coefficient (Wildman–Crippen LogP) is 0.281. The largest absolute Gasteiger partial charge is 0.381 e. The first kappa shape index (κ1) is 10.9. The van der Waals surface area contributed by atoms with Crippen LogP contribution in [0.3, 0.4) is 0 Å². The molecule has 15 heavy (non-hydrogen) atoms. The van der Waals surface area contributed by atoms with Crippen LogP contribution in [0.25, 0.3) is 0 Å². The van der Waals surface area contributed by atoms with Gasteiger partial charge in [0.1, 0.15) is 0 Å². The van der Waals surface area contributed by atoms with Gasteiger partial charge in [-0.1, -0.05) is 0 Å². The summed E-state index contributed by atoms with van der Waals surface area (Å²) in [6, 6.07) is 0.0214. The van der Waals surface area contributed by atoms with Crippen molar-refractivity contribution in [2.24, 2.45) is 5.92 Å².